The van der Waals surface area contributed by atoms with Crippen LogP contribution in [0.4, 0.5) is 0 Å². The molecule has 0 aromatic rings. The Morgan fingerprint density at radius 3 is 2.94 bits per heavy atom. The van der Waals surface area contributed by atoms with E-state index in [-0.39, 0.29) is 0 Å². The van der Waals surface area contributed by atoms with Crippen molar-refractivity contribution in [1.29, 1.82) is 0 Å². The van der Waals surface area contributed by atoms with Crippen molar-refractivity contribution in [3.63, 3.8) is 0 Å². The molecule has 1 heterocycles. The molecule has 0 saturated carbocycles. The van der Waals surface area contributed by atoms with Crippen LogP contribution in [-0.4, -0.2) is 25.7 Å². The highest BCUT2D eigenvalue weighted by atomic mass is 15.0. The van der Waals surface area contributed by atoms with E-state index in [4.69, 9.17) is 0 Å². The SMILES string of the molecule is CC1=CC[C@@H](CNCC2CCCCN2)CC1. The lowest BCUT2D eigenvalue weighted by atomic mass is 9.90. The van der Waals surface area contributed by atoms with E-state index < -0.39 is 0 Å². The highest BCUT2D eigenvalue weighted by Gasteiger charge is 2.14. The topological polar surface area (TPSA) is 24.1 Å². The van der Waals surface area contributed by atoms with E-state index in [1.807, 2.05) is 0 Å². The molecule has 1 aliphatic carbocycles. The molecule has 0 amide bonds. The zero-order chi connectivity index (χ0) is 11.2. The molecule has 1 aliphatic heterocycles. The molecule has 0 radical (unpaired) electrons. The van der Waals surface area contributed by atoms with Crippen molar-refractivity contribution >= 4 is 0 Å². The predicted octanol–water partition coefficient (Wildman–Crippen LogP) is 2.46. The van der Waals surface area contributed by atoms with Gasteiger partial charge >= 0.3 is 0 Å². The van der Waals surface area contributed by atoms with Crippen LogP contribution in [0.2, 0.25) is 0 Å². The molecule has 2 heteroatoms. The molecule has 0 aromatic heterocycles. The van der Waals surface area contributed by atoms with Gasteiger partial charge in [-0.1, -0.05) is 18.1 Å². The molecule has 0 bridgehead atoms. The minimum Gasteiger partial charge on any atom is -0.315 e. The van der Waals surface area contributed by atoms with Crippen LogP contribution in [0.25, 0.3) is 0 Å². The predicted molar refractivity (Wildman–Crippen MR) is 69.6 cm³/mol. The fourth-order valence-corrected chi connectivity index (χ4v) is 2.76. The summed E-state index contributed by atoms with van der Waals surface area (Å²) in [5, 5.41) is 7.24. The number of hydrogen-bond acceptors (Lipinski definition) is 2. The Kier molecular flexibility index (Phi) is 4.86. The summed E-state index contributed by atoms with van der Waals surface area (Å²) < 4.78 is 0. The minimum absolute atomic E-state index is 0.731. The highest BCUT2D eigenvalue weighted by molar-refractivity contribution is 5.03. The van der Waals surface area contributed by atoms with Gasteiger partial charge in [-0.3, -0.25) is 0 Å². The Balaban J connectivity index is 1.57. The van der Waals surface area contributed by atoms with Crippen LogP contribution in [0, 0.1) is 5.92 Å². The number of allylic oxidation sites excluding steroid dienone is 2. The molecule has 16 heavy (non-hydrogen) atoms. The maximum absolute atomic E-state index is 3.65. The maximum Gasteiger partial charge on any atom is 0.0192 e. The van der Waals surface area contributed by atoms with Crippen molar-refractivity contribution in [3.8, 4) is 0 Å². The summed E-state index contributed by atoms with van der Waals surface area (Å²) in [5.41, 5.74) is 1.59. The van der Waals surface area contributed by atoms with Crippen LogP contribution >= 0.6 is 0 Å². The monoisotopic (exact) mass is 222 g/mol. The van der Waals surface area contributed by atoms with Crippen LogP contribution in [0.15, 0.2) is 11.6 Å². The van der Waals surface area contributed by atoms with Gasteiger partial charge in [0.1, 0.15) is 0 Å². The first-order chi connectivity index (χ1) is 7.84. The lowest BCUT2D eigenvalue weighted by Crippen LogP contribution is -2.42. The quantitative estimate of drug-likeness (QED) is 0.714. The zero-order valence-corrected chi connectivity index (χ0v) is 10.6. The van der Waals surface area contributed by atoms with Gasteiger partial charge < -0.3 is 10.6 Å². The summed E-state index contributed by atoms with van der Waals surface area (Å²) in [4.78, 5) is 0. The first-order valence-corrected chi connectivity index (χ1v) is 6.94. The molecule has 0 aromatic carbocycles. The van der Waals surface area contributed by atoms with Crippen molar-refractivity contribution < 1.29 is 0 Å². The van der Waals surface area contributed by atoms with Crippen LogP contribution in [0.5, 0.6) is 0 Å². The molecule has 2 aliphatic rings. The largest absolute Gasteiger partial charge is 0.315 e. The van der Waals surface area contributed by atoms with Gasteiger partial charge in [0.05, 0.1) is 0 Å². The third-order valence-electron chi connectivity index (χ3n) is 3.98. The van der Waals surface area contributed by atoms with E-state index in [9.17, 15) is 0 Å². The fourth-order valence-electron chi connectivity index (χ4n) is 2.76. The van der Waals surface area contributed by atoms with Crippen molar-refractivity contribution in [2.45, 2.75) is 51.5 Å². The van der Waals surface area contributed by atoms with Gasteiger partial charge in [-0.15, -0.1) is 0 Å². The standard InChI is InChI=1S/C14H26N2/c1-12-5-7-13(8-6-12)10-15-11-14-4-2-3-9-16-14/h5,13-16H,2-4,6-11H2,1H3/t13-,14?/m1/s1. The molecule has 1 fully saturated rings. The van der Waals surface area contributed by atoms with Crippen LogP contribution in [0.1, 0.15) is 45.4 Å². The Labute approximate surface area is 99.9 Å². The average molecular weight is 222 g/mol. The maximum atomic E-state index is 3.65. The molecule has 1 saturated heterocycles. The molecule has 0 spiro atoms. The molecular weight excluding hydrogens is 196 g/mol. The van der Waals surface area contributed by atoms with E-state index in [0.29, 0.717) is 0 Å². The van der Waals surface area contributed by atoms with E-state index >= 15 is 0 Å². The molecule has 92 valence electrons. The van der Waals surface area contributed by atoms with E-state index in [1.165, 1.54) is 58.2 Å². The third-order valence-corrected chi connectivity index (χ3v) is 3.98. The normalized spacial score (nSPS) is 31.2. The van der Waals surface area contributed by atoms with Gasteiger partial charge in [-0.05, 0) is 58.0 Å². The second-order valence-corrected chi connectivity index (χ2v) is 5.50. The summed E-state index contributed by atoms with van der Waals surface area (Å²) in [6, 6.07) is 0.731. The molecule has 1 unspecified atom stereocenters. The molecule has 2 rings (SSSR count). The van der Waals surface area contributed by atoms with Crippen molar-refractivity contribution in [3.05, 3.63) is 11.6 Å². The number of nitrogens with one attached hydrogen (secondary N) is 2. The van der Waals surface area contributed by atoms with Crippen LogP contribution in [0.3, 0.4) is 0 Å². The number of hydrogen-bond donors (Lipinski definition) is 2. The highest BCUT2D eigenvalue weighted by Crippen LogP contribution is 2.22. The summed E-state index contributed by atoms with van der Waals surface area (Å²) in [5.74, 6) is 0.882. The smallest absolute Gasteiger partial charge is 0.0192 e. The third kappa shape index (κ3) is 3.91. The molecule has 2 N–H and O–H groups in total. The molecule has 2 nitrogen and oxygen atoms in total. The van der Waals surface area contributed by atoms with Gasteiger partial charge in [0.25, 0.3) is 0 Å². The lowest BCUT2D eigenvalue weighted by molar-refractivity contribution is 0.361. The minimum atomic E-state index is 0.731. The van der Waals surface area contributed by atoms with Gasteiger partial charge in [0.15, 0.2) is 0 Å². The van der Waals surface area contributed by atoms with Crippen LogP contribution < -0.4 is 10.6 Å². The Morgan fingerprint density at radius 1 is 1.31 bits per heavy atom. The van der Waals surface area contributed by atoms with Crippen molar-refractivity contribution in [2.24, 2.45) is 5.92 Å². The summed E-state index contributed by atoms with van der Waals surface area (Å²) in [7, 11) is 0. The van der Waals surface area contributed by atoms with Crippen molar-refractivity contribution in [2.75, 3.05) is 19.6 Å². The molecular formula is C14H26N2. The summed E-state index contributed by atoms with van der Waals surface area (Å²) in [6.45, 7) is 5.86. The van der Waals surface area contributed by atoms with Gasteiger partial charge in [-0.2, -0.15) is 0 Å². The number of rotatable bonds is 4. The fraction of sp³-hybridized carbons (Fsp3) is 0.857. The Morgan fingerprint density at radius 2 is 2.25 bits per heavy atom. The zero-order valence-electron chi connectivity index (χ0n) is 10.6. The van der Waals surface area contributed by atoms with E-state index in [2.05, 4.69) is 23.6 Å². The van der Waals surface area contributed by atoms with E-state index in [1.54, 1.807) is 5.57 Å². The number of piperidine rings is 1. The summed E-state index contributed by atoms with van der Waals surface area (Å²) >= 11 is 0. The molecule has 2 atom stereocenters. The Hall–Kier alpha value is -0.340. The second kappa shape index (κ2) is 6.41. The van der Waals surface area contributed by atoms with Gasteiger partial charge in [-0.25, -0.2) is 0 Å². The van der Waals surface area contributed by atoms with E-state index in [0.717, 1.165) is 12.0 Å². The second-order valence-electron chi connectivity index (χ2n) is 5.50. The van der Waals surface area contributed by atoms with Crippen LogP contribution in [-0.2, 0) is 0 Å². The Bertz CT molecular complexity index is 229. The average Bonchev–Trinajstić information content (AvgIpc) is 2.33. The lowest BCUT2D eigenvalue weighted by Gasteiger charge is -2.26. The summed E-state index contributed by atoms with van der Waals surface area (Å²) in [6.07, 6.45) is 10.5. The van der Waals surface area contributed by atoms with Gasteiger partial charge in [0, 0.05) is 12.6 Å². The van der Waals surface area contributed by atoms with Crippen molar-refractivity contribution in [1.82, 2.24) is 10.6 Å². The first-order valence-electron chi connectivity index (χ1n) is 6.94. The first kappa shape index (κ1) is 12.1. The van der Waals surface area contributed by atoms with Gasteiger partial charge in [0.2, 0.25) is 0 Å².